The number of hydrogen-bond donors (Lipinski definition) is 2. The van der Waals surface area contributed by atoms with E-state index in [1.165, 1.54) is 18.4 Å². The van der Waals surface area contributed by atoms with Crippen LogP contribution in [-0.4, -0.2) is 21.6 Å². The normalized spacial score (nSPS) is 11.0. The van der Waals surface area contributed by atoms with Crippen LogP contribution in [0.25, 0.3) is 0 Å². The molecule has 2 aromatic rings. The number of amides is 1. The number of hydrogen-bond acceptors (Lipinski definition) is 5. The Labute approximate surface area is 133 Å². The molecule has 1 heterocycles. The highest BCUT2D eigenvalue weighted by atomic mass is 32.2. The summed E-state index contributed by atoms with van der Waals surface area (Å²) in [5, 5.41) is 2.49. The fourth-order valence-corrected chi connectivity index (χ4v) is 4.49. The van der Waals surface area contributed by atoms with Crippen LogP contribution in [0.3, 0.4) is 0 Å². The second kappa shape index (κ2) is 6.37. The number of anilines is 2. The Morgan fingerprint density at radius 2 is 1.73 bits per heavy atom. The minimum Gasteiger partial charge on any atom is -0.453 e. The molecule has 6 nitrogen and oxygen atoms in total. The van der Waals surface area contributed by atoms with Crippen LogP contribution in [0.15, 0.2) is 35.2 Å². The third-order valence-corrected chi connectivity index (χ3v) is 5.46. The summed E-state index contributed by atoms with van der Waals surface area (Å²) in [4.78, 5) is 13.0. The molecule has 1 aromatic carbocycles. The van der Waals surface area contributed by atoms with Gasteiger partial charge in [0.15, 0.2) is 0 Å². The van der Waals surface area contributed by atoms with Gasteiger partial charge in [-0.15, -0.1) is 11.3 Å². The van der Waals surface area contributed by atoms with Crippen molar-refractivity contribution in [2.24, 2.45) is 0 Å². The van der Waals surface area contributed by atoms with Gasteiger partial charge in [0.2, 0.25) is 0 Å². The summed E-state index contributed by atoms with van der Waals surface area (Å²) in [6, 6.07) is 7.95. The fraction of sp³-hybridized carbons (Fsp3) is 0.214. The van der Waals surface area contributed by atoms with E-state index < -0.39 is 16.1 Å². The molecule has 8 heteroatoms. The quantitative estimate of drug-likeness (QED) is 0.894. The summed E-state index contributed by atoms with van der Waals surface area (Å²) in [6.07, 6.45) is -0.585. The molecular formula is C14H16N2O4S2. The van der Waals surface area contributed by atoms with Crippen LogP contribution in [0, 0.1) is 13.8 Å². The summed E-state index contributed by atoms with van der Waals surface area (Å²) in [5.74, 6) is 0. The van der Waals surface area contributed by atoms with E-state index in [0.717, 1.165) is 9.75 Å². The van der Waals surface area contributed by atoms with Crippen LogP contribution in [0.5, 0.6) is 0 Å². The average molecular weight is 340 g/mol. The van der Waals surface area contributed by atoms with E-state index in [4.69, 9.17) is 0 Å². The Morgan fingerprint density at radius 1 is 1.14 bits per heavy atom. The number of aryl methyl sites for hydroxylation is 2. The van der Waals surface area contributed by atoms with Gasteiger partial charge in [0.1, 0.15) is 4.90 Å². The van der Waals surface area contributed by atoms with Gasteiger partial charge in [-0.05, 0) is 44.2 Å². The van der Waals surface area contributed by atoms with Gasteiger partial charge in [0.25, 0.3) is 10.0 Å². The molecule has 0 radical (unpaired) electrons. The molecule has 0 spiro atoms. The predicted molar refractivity (Wildman–Crippen MR) is 87.1 cm³/mol. The molecule has 0 unspecified atom stereocenters. The van der Waals surface area contributed by atoms with Crippen molar-refractivity contribution in [3.8, 4) is 0 Å². The third-order valence-electron chi connectivity index (χ3n) is 2.85. The lowest BCUT2D eigenvalue weighted by Crippen LogP contribution is -2.13. The van der Waals surface area contributed by atoms with E-state index in [2.05, 4.69) is 14.8 Å². The van der Waals surface area contributed by atoms with Crippen LogP contribution in [0.2, 0.25) is 0 Å². The monoisotopic (exact) mass is 340 g/mol. The van der Waals surface area contributed by atoms with Crippen LogP contribution in [0.4, 0.5) is 16.2 Å². The van der Waals surface area contributed by atoms with E-state index >= 15 is 0 Å². The largest absolute Gasteiger partial charge is 0.453 e. The lowest BCUT2D eigenvalue weighted by atomic mass is 10.3. The molecule has 118 valence electrons. The SMILES string of the molecule is COC(=O)Nc1ccc(NS(=O)(=O)c2cc(C)sc2C)cc1. The van der Waals surface area contributed by atoms with Gasteiger partial charge >= 0.3 is 6.09 Å². The van der Waals surface area contributed by atoms with Crippen molar-refractivity contribution in [1.82, 2.24) is 0 Å². The summed E-state index contributed by atoms with van der Waals surface area (Å²) in [5.41, 5.74) is 0.927. The minimum atomic E-state index is -3.62. The predicted octanol–water partition coefficient (Wildman–Crippen LogP) is 3.34. The molecule has 0 aliphatic rings. The number of nitrogens with one attached hydrogen (secondary N) is 2. The highest BCUT2D eigenvalue weighted by Gasteiger charge is 2.19. The Kier molecular flexibility index (Phi) is 4.72. The highest BCUT2D eigenvalue weighted by molar-refractivity contribution is 7.93. The molecule has 0 aliphatic heterocycles. The highest BCUT2D eigenvalue weighted by Crippen LogP contribution is 2.27. The first-order valence-corrected chi connectivity index (χ1v) is 8.66. The number of rotatable bonds is 4. The molecule has 0 atom stereocenters. The maximum atomic E-state index is 12.4. The summed E-state index contributed by atoms with van der Waals surface area (Å²) in [6.45, 7) is 3.64. The second-order valence-corrected chi connectivity index (χ2v) is 7.69. The standard InChI is InChI=1S/C14H16N2O4S2/c1-9-8-13(10(2)21-9)22(18,19)16-12-6-4-11(5-7-12)15-14(17)20-3/h4-8,16H,1-3H3,(H,15,17). The first kappa shape index (κ1) is 16.3. The molecule has 1 aromatic heterocycles. The summed E-state index contributed by atoms with van der Waals surface area (Å²) in [7, 11) is -2.35. The molecule has 0 saturated heterocycles. The van der Waals surface area contributed by atoms with Gasteiger partial charge in [-0.25, -0.2) is 13.2 Å². The smallest absolute Gasteiger partial charge is 0.411 e. The zero-order chi connectivity index (χ0) is 16.3. The second-order valence-electron chi connectivity index (χ2n) is 4.58. The maximum Gasteiger partial charge on any atom is 0.411 e. The first-order valence-electron chi connectivity index (χ1n) is 6.37. The van der Waals surface area contributed by atoms with Gasteiger partial charge in [0.05, 0.1) is 7.11 Å². The van der Waals surface area contributed by atoms with Crippen molar-refractivity contribution in [3.63, 3.8) is 0 Å². The number of ether oxygens (including phenoxy) is 1. The molecule has 2 rings (SSSR count). The van der Waals surface area contributed by atoms with Crippen molar-refractivity contribution < 1.29 is 17.9 Å². The van der Waals surface area contributed by atoms with Gasteiger partial charge < -0.3 is 4.74 Å². The zero-order valence-electron chi connectivity index (χ0n) is 12.3. The van der Waals surface area contributed by atoms with Crippen molar-refractivity contribution in [3.05, 3.63) is 40.1 Å². The molecule has 1 amide bonds. The van der Waals surface area contributed by atoms with E-state index in [-0.39, 0.29) is 4.90 Å². The van der Waals surface area contributed by atoms with E-state index in [0.29, 0.717) is 11.4 Å². The Morgan fingerprint density at radius 3 is 2.23 bits per heavy atom. The number of carbonyl (C=O) groups excluding carboxylic acids is 1. The number of carbonyl (C=O) groups is 1. The van der Waals surface area contributed by atoms with Crippen LogP contribution in [-0.2, 0) is 14.8 Å². The van der Waals surface area contributed by atoms with Crippen LogP contribution >= 0.6 is 11.3 Å². The van der Waals surface area contributed by atoms with Crippen molar-refractivity contribution >= 4 is 38.8 Å². The van der Waals surface area contributed by atoms with Gasteiger partial charge in [-0.2, -0.15) is 0 Å². The molecule has 0 bridgehead atoms. The molecule has 0 aliphatic carbocycles. The zero-order valence-corrected chi connectivity index (χ0v) is 14.0. The maximum absolute atomic E-state index is 12.4. The third kappa shape index (κ3) is 3.77. The topological polar surface area (TPSA) is 84.5 Å². The van der Waals surface area contributed by atoms with E-state index in [1.54, 1.807) is 37.3 Å². The number of thiophene rings is 1. The molecule has 2 N–H and O–H groups in total. The molecule has 0 saturated carbocycles. The Balaban J connectivity index is 2.16. The van der Waals surface area contributed by atoms with E-state index in [9.17, 15) is 13.2 Å². The number of benzene rings is 1. The summed E-state index contributed by atoms with van der Waals surface area (Å²) < 4.78 is 31.7. The lowest BCUT2D eigenvalue weighted by molar-refractivity contribution is 0.187. The molecular weight excluding hydrogens is 324 g/mol. The Bertz CT molecular complexity index is 780. The Hall–Kier alpha value is -2.06. The molecule has 22 heavy (non-hydrogen) atoms. The minimum absolute atomic E-state index is 0.284. The van der Waals surface area contributed by atoms with Crippen molar-refractivity contribution in [1.29, 1.82) is 0 Å². The van der Waals surface area contributed by atoms with Crippen LogP contribution in [0.1, 0.15) is 9.75 Å². The van der Waals surface area contributed by atoms with Crippen LogP contribution < -0.4 is 10.0 Å². The fourth-order valence-electron chi connectivity index (χ4n) is 1.87. The van der Waals surface area contributed by atoms with Crippen molar-refractivity contribution in [2.75, 3.05) is 17.1 Å². The molecule has 0 fully saturated rings. The lowest BCUT2D eigenvalue weighted by Gasteiger charge is -2.09. The van der Waals surface area contributed by atoms with Crippen molar-refractivity contribution in [2.45, 2.75) is 18.7 Å². The van der Waals surface area contributed by atoms with Gasteiger partial charge in [0, 0.05) is 21.1 Å². The van der Waals surface area contributed by atoms with E-state index in [1.807, 2.05) is 6.92 Å². The van der Waals surface area contributed by atoms with Gasteiger partial charge in [-0.1, -0.05) is 0 Å². The first-order chi connectivity index (χ1) is 10.3. The van der Waals surface area contributed by atoms with Gasteiger partial charge in [-0.3, -0.25) is 10.0 Å². The number of methoxy groups -OCH3 is 1. The number of sulfonamides is 1. The summed E-state index contributed by atoms with van der Waals surface area (Å²) >= 11 is 1.44. The average Bonchev–Trinajstić information content (AvgIpc) is 2.80.